The molecule has 1 aromatic carbocycles. The maximum absolute atomic E-state index is 6.06. The van der Waals surface area contributed by atoms with E-state index in [-0.39, 0.29) is 5.96 Å². The second kappa shape index (κ2) is 5.01. The molecule has 0 unspecified atom stereocenters. The Morgan fingerprint density at radius 3 is 1.92 bits per heavy atom. The summed E-state index contributed by atoms with van der Waals surface area (Å²) in [6.45, 7) is 2.00. The second-order valence-electron chi connectivity index (χ2n) is 2.31. The molecule has 1 rings (SSSR count). The summed E-state index contributed by atoms with van der Waals surface area (Å²) in [6.07, 6.45) is 0. The molecule has 0 aliphatic carbocycles. The van der Waals surface area contributed by atoms with Crippen LogP contribution in [0.1, 0.15) is 5.56 Å². The fourth-order valence-electron chi connectivity index (χ4n) is 0.587. The average Bonchev–Trinajstić information content (AvgIpc) is 1.94. The standard InChI is InChI=1S/C7H9N.CH5N3/c1-6-4-2-3-5-7(6)8;2-1(3)4/h2-5H,8H2,1H3;(H5,2,3,4). The summed E-state index contributed by atoms with van der Waals surface area (Å²) in [7, 11) is 0. The number of hydrogen-bond acceptors (Lipinski definition) is 2. The minimum absolute atomic E-state index is 0.333. The van der Waals surface area contributed by atoms with E-state index in [9.17, 15) is 0 Å². The van der Waals surface area contributed by atoms with Crippen molar-refractivity contribution in [1.82, 2.24) is 0 Å². The van der Waals surface area contributed by atoms with Gasteiger partial charge in [-0.05, 0) is 18.6 Å². The predicted molar refractivity (Wildman–Crippen MR) is 51.7 cm³/mol. The molecule has 4 nitrogen and oxygen atoms in total. The number of benzene rings is 1. The Morgan fingerprint density at radius 1 is 1.25 bits per heavy atom. The lowest BCUT2D eigenvalue weighted by atomic mass is 10.2. The number of hydrogen-bond donors (Lipinski definition) is 4. The summed E-state index contributed by atoms with van der Waals surface area (Å²) < 4.78 is 0. The number of para-hydroxylation sites is 1. The van der Waals surface area contributed by atoms with Crippen molar-refractivity contribution < 1.29 is 0 Å². The first-order chi connectivity index (χ1) is 5.54. The van der Waals surface area contributed by atoms with Gasteiger partial charge in [0, 0.05) is 5.69 Å². The van der Waals surface area contributed by atoms with Gasteiger partial charge in [-0.2, -0.15) is 0 Å². The van der Waals surface area contributed by atoms with Crippen molar-refractivity contribution in [2.75, 3.05) is 5.73 Å². The molecule has 7 N–H and O–H groups in total. The third kappa shape index (κ3) is 5.10. The molecule has 4 heteroatoms. The van der Waals surface area contributed by atoms with E-state index in [1.165, 1.54) is 0 Å². The zero-order chi connectivity index (χ0) is 9.56. The first-order valence-electron chi connectivity index (χ1n) is 3.44. The zero-order valence-electron chi connectivity index (χ0n) is 7.04. The molecule has 0 saturated heterocycles. The van der Waals surface area contributed by atoms with Gasteiger partial charge in [0.1, 0.15) is 0 Å². The number of aryl methyl sites for hydroxylation is 1. The fourth-order valence-corrected chi connectivity index (χ4v) is 0.587. The van der Waals surface area contributed by atoms with Crippen LogP contribution in [0.4, 0.5) is 5.69 Å². The van der Waals surface area contributed by atoms with E-state index in [0.717, 1.165) is 11.3 Å². The highest BCUT2D eigenvalue weighted by Gasteiger charge is 1.84. The smallest absolute Gasteiger partial charge is 0.183 e. The summed E-state index contributed by atoms with van der Waals surface area (Å²) in [5.74, 6) is -0.333. The van der Waals surface area contributed by atoms with Crippen LogP contribution in [0.2, 0.25) is 0 Å². The molecule has 0 bridgehead atoms. The van der Waals surface area contributed by atoms with Gasteiger partial charge in [-0.25, -0.2) is 0 Å². The minimum atomic E-state index is -0.333. The molecule has 0 radical (unpaired) electrons. The monoisotopic (exact) mass is 166 g/mol. The lowest BCUT2D eigenvalue weighted by Gasteiger charge is -1.93. The van der Waals surface area contributed by atoms with Crippen molar-refractivity contribution in [2.45, 2.75) is 6.92 Å². The Bertz CT molecular complexity index is 232. The van der Waals surface area contributed by atoms with Gasteiger partial charge in [0.15, 0.2) is 5.96 Å². The van der Waals surface area contributed by atoms with Gasteiger partial charge in [0.25, 0.3) is 0 Å². The zero-order valence-corrected chi connectivity index (χ0v) is 7.04. The van der Waals surface area contributed by atoms with E-state index in [2.05, 4.69) is 11.5 Å². The summed E-state index contributed by atoms with van der Waals surface area (Å²) in [6, 6.07) is 7.80. The van der Waals surface area contributed by atoms with Gasteiger partial charge in [0.05, 0.1) is 0 Å². The quantitative estimate of drug-likeness (QED) is 0.255. The SMILES string of the molecule is Cc1ccccc1N.N=C(N)N. The van der Waals surface area contributed by atoms with Gasteiger partial charge < -0.3 is 17.2 Å². The highest BCUT2D eigenvalue weighted by Crippen LogP contribution is 2.06. The molecule has 12 heavy (non-hydrogen) atoms. The van der Waals surface area contributed by atoms with Crippen molar-refractivity contribution in [3.05, 3.63) is 29.8 Å². The van der Waals surface area contributed by atoms with Crippen LogP contribution in [0, 0.1) is 12.3 Å². The first kappa shape index (κ1) is 10.3. The average molecular weight is 166 g/mol. The van der Waals surface area contributed by atoms with Crippen molar-refractivity contribution >= 4 is 11.6 Å². The van der Waals surface area contributed by atoms with E-state index in [1.54, 1.807) is 0 Å². The van der Waals surface area contributed by atoms with E-state index in [1.807, 2.05) is 31.2 Å². The molecular formula is C8H14N4. The van der Waals surface area contributed by atoms with Crippen molar-refractivity contribution in [1.29, 1.82) is 5.41 Å². The largest absolute Gasteiger partial charge is 0.399 e. The highest BCUT2D eigenvalue weighted by atomic mass is 14.9. The summed E-state index contributed by atoms with van der Waals surface area (Å²) in [5.41, 5.74) is 16.5. The van der Waals surface area contributed by atoms with Gasteiger partial charge in [-0.3, -0.25) is 5.41 Å². The normalized spacial score (nSPS) is 8.08. The van der Waals surface area contributed by atoms with Crippen LogP contribution in [0.3, 0.4) is 0 Å². The summed E-state index contributed by atoms with van der Waals surface area (Å²) >= 11 is 0. The van der Waals surface area contributed by atoms with E-state index in [4.69, 9.17) is 11.1 Å². The molecule has 66 valence electrons. The molecule has 0 saturated carbocycles. The van der Waals surface area contributed by atoms with Crippen LogP contribution in [-0.2, 0) is 0 Å². The molecule has 0 aliphatic heterocycles. The van der Waals surface area contributed by atoms with Crippen LogP contribution in [-0.4, -0.2) is 5.96 Å². The van der Waals surface area contributed by atoms with Gasteiger partial charge >= 0.3 is 0 Å². The Kier molecular flexibility index (Phi) is 4.30. The Morgan fingerprint density at radius 2 is 1.67 bits per heavy atom. The first-order valence-corrected chi connectivity index (χ1v) is 3.44. The molecule has 0 aromatic heterocycles. The van der Waals surface area contributed by atoms with Crippen molar-refractivity contribution in [2.24, 2.45) is 11.5 Å². The van der Waals surface area contributed by atoms with Crippen LogP contribution < -0.4 is 17.2 Å². The molecule has 0 spiro atoms. The maximum atomic E-state index is 6.06. The van der Waals surface area contributed by atoms with E-state index < -0.39 is 0 Å². The molecule has 0 fully saturated rings. The minimum Gasteiger partial charge on any atom is -0.399 e. The van der Waals surface area contributed by atoms with Gasteiger partial charge in [-0.15, -0.1) is 0 Å². The summed E-state index contributed by atoms with van der Waals surface area (Å²) in [5, 5.41) is 6.06. The number of guanidine groups is 1. The number of nitrogens with two attached hydrogens (primary N) is 3. The lowest BCUT2D eigenvalue weighted by Crippen LogP contribution is -2.20. The number of nitrogens with one attached hydrogen (secondary N) is 1. The molecule has 0 amide bonds. The molecular weight excluding hydrogens is 152 g/mol. The highest BCUT2D eigenvalue weighted by molar-refractivity contribution is 5.71. The maximum Gasteiger partial charge on any atom is 0.183 e. The van der Waals surface area contributed by atoms with Crippen LogP contribution in [0.5, 0.6) is 0 Å². The Labute approximate surface area is 71.9 Å². The van der Waals surface area contributed by atoms with Crippen molar-refractivity contribution in [3.8, 4) is 0 Å². The second-order valence-corrected chi connectivity index (χ2v) is 2.31. The van der Waals surface area contributed by atoms with Crippen molar-refractivity contribution in [3.63, 3.8) is 0 Å². The molecule has 1 aromatic rings. The van der Waals surface area contributed by atoms with Gasteiger partial charge in [0.2, 0.25) is 0 Å². The Balaban J connectivity index is 0.000000261. The van der Waals surface area contributed by atoms with Crippen LogP contribution >= 0.6 is 0 Å². The number of rotatable bonds is 0. The van der Waals surface area contributed by atoms with Crippen LogP contribution in [0.25, 0.3) is 0 Å². The third-order valence-electron chi connectivity index (χ3n) is 1.19. The molecule has 0 atom stereocenters. The van der Waals surface area contributed by atoms with Gasteiger partial charge in [-0.1, -0.05) is 18.2 Å². The topological polar surface area (TPSA) is 102 Å². The van der Waals surface area contributed by atoms with Crippen LogP contribution in [0.15, 0.2) is 24.3 Å². The van der Waals surface area contributed by atoms with E-state index in [0.29, 0.717) is 0 Å². The third-order valence-corrected chi connectivity index (χ3v) is 1.19. The van der Waals surface area contributed by atoms with E-state index >= 15 is 0 Å². The molecule has 0 heterocycles. The number of anilines is 1. The predicted octanol–water partition coefficient (Wildman–Crippen LogP) is 0.416. The fraction of sp³-hybridized carbons (Fsp3) is 0.125. The Hall–Kier alpha value is -1.71. The summed E-state index contributed by atoms with van der Waals surface area (Å²) in [4.78, 5) is 0. The molecule has 0 aliphatic rings. The lowest BCUT2D eigenvalue weighted by molar-refractivity contribution is 1.39. The number of nitrogen functional groups attached to an aromatic ring is 1.